The molecule has 0 spiro atoms. The van der Waals surface area contributed by atoms with Crippen molar-refractivity contribution in [2.24, 2.45) is 10.3 Å². The number of nitrogens with zero attached hydrogens (tertiary/aromatic N) is 3. The lowest BCUT2D eigenvalue weighted by Crippen LogP contribution is -2.14. The van der Waals surface area contributed by atoms with E-state index in [2.05, 4.69) is 10.3 Å². The highest BCUT2D eigenvalue weighted by atomic mass is 19.1. The summed E-state index contributed by atoms with van der Waals surface area (Å²) in [6.45, 7) is 0.143. The Morgan fingerprint density at radius 1 is 1.35 bits per heavy atom. The van der Waals surface area contributed by atoms with E-state index in [0.29, 0.717) is 18.4 Å². The highest BCUT2D eigenvalue weighted by Gasteiger charge is 2.13. The predicted molar refractivity (Wildman–Crippen MR) is 81.6 cm³/mol. The van der Waals surface area contributed by atoms with Gasteiger partial charge >= 0.3 is 5.97 Å². The van der Waals surface area contributed by atoms with Crippen LogP contribution in [0.2, 0.25) is 0 Å². The van der Waals surface area contributed by atoms with Crippen LogP contribution in [0.1, 0.15) is 19.3 Å². The molecule has 122 valence electrons. The average molecular weight is 321 g/mol. The maximum atomic E-state index is 13.3. The third kappa shape index (κ3) is 4.98. The van der Waals surface area contributed by atoms with Gasteiger partial charge in [-0.05, 0) is 30.6 Å². The van der Waals surface area contributed by atoms with Gasteiger partial charge in [-0.25, -0.2) is 13.6 Å². The summed E-state index contributed by atoms with van der Waals surface area (Å²) in [5.41, 5.74) is 1.57. The van der Waals surface area contributed by atoms with Crippen molar-refractivity contribution in [1.29, 1.82) is 0 Å². The summed E-state index contributed by atoms with van der Waals surface area (Å²) in [5.74, 6) is -2.17. The minimum Gasteiger partial charge on any atom is -0.478 e. The first-order valence-corrected chi connectivity index (χ1v) is 7.12. The third-order valence-corrected chi connectivity index (χ3v) is 3.39. The fourth-order valence-corrected chi connectivity index (χ4v) is 2.20. The number of hydrogen-bond acceptors (Lipinski definition) is 3. The predicted octanol–water partition coefficient (Wildman–Crippen LogP) is 4.01. The summed E-state index contributed by atoms with van der Waals surface area (Å²) in [5, 5.41) is 18.4. The summed E-state index contributed by atoms with van der Waals surface area (Å²) in [6, 6.07) is 0. The number of carbonyl (C=O) groups is 1. The van der Waals surface area contributed by atoms with Crippen LogP contribution in [-0.2, 0) is 4.79 Å². The van der Waals surface area contributed by atoms with Crippen molar-refractivity contribution in [2.75, 3.05) is 13.6 Å². The van der Waals surface area contributed by atoms with E-state index in [0.717, 1.165) is 11.8 Å². The Labute approximate surface area is 132 Å². The van der Waals surface area contributed by atoms with E-state index in [9.17, 15) is 13.6 Å². The van der Waals surface area contributed by atoms with Crippen LogP contribution in [0.15, 0.2) is 69.2 Å². The van der Waals surface area contributed by atoms with Gasteiger partial charge in [0.15, 0.2) is 0 Å². The molecule has 0 aromatic rings. The SMILES string of the molecule is CN(N=NCC1=CC=C(F)C=C(F)C1)C1=CC(C(=O)O)=CCC1. The molecule has 5 nitrogen and oxygen atoms in total. The van der Waals surface area contributed by atoms with Gasteiger partial charge in [-0.2, -0.15) is 5.11 Å². The highest BCUT2D eigenvalue weighted by Crippen LogP contribution is 2.22. The van der Waals surface area contributed by atoms with Gasteiger partial charge in [-0.3, -0.25) is 5.01 Å². The Morgan fingerprint density at radius 3 is 2.87 bits per heavy atom. The van der Waals surface area contributed by atoms with E-state index in [1.807, 2.05) is 0 Å². The van der Waals surface area contributed by atoms with Crippen LogP contribution in [0, 0.1) is 0 Å². The van der Waals surface area contributed by atoms with Crippen molar-refractivity contribution in [3.63, 3.8) is 0 Å². The molecule has 23 heavy (non-hydrogen) atoms. The van der Waals surface area contributed by atoms with Gasteiger partial charge in [0, 0.05) is 25.2 Å². The summed E-state index contributed by atoms with van der Waals surface area (Å²) in [6.07, 6.45) is 8.02. The zero-order chi connectivity index (χ0) is 16.8. The summed E-state index contributed by atoms with van der Waals surface area (Å²) in [4.78, 5) is 11.0. The number of hydrogen-bond donors (Lipinski definition) is 1. The number of carboxylic acids is 1. The number of aliphatic carboxylic acids is 1. The fraction of sp³-hybridized carbons (Fsp3) is 0.312. The molecule has 1 N–H and O–H groups in total. The first-order chi connectivity index (χ1) is 11.0. The van der Waals surface area contributed by atoms with Crippen LogP contribution in [0.5, 0.6) is 0 Å². The van der Waals surface area contributed by atoms with Crippen LogP contribution in [0.3, 0.4) is 0 Å². The average Bonchev–Trinajstić information content (AvgIpc) is 2.67. The van der Waals surface area contributed by atoms with Crippen molar-refractivity contribution >= 4 is 5.97 Å². The molecule has 0 amide bonds. The second-order valence-corrected chi connectivity index (χ2v) is 5.20. The number of carboxylic acid groups (broad SMARTS) is 1. The number of allylic oxidation sites excluding steroid dienone is 7. The van der Waals surface area contributed by atoms with Gasteiger partial charge in [0.05, 0.1) is 12.1 Å². The Bertz CT molecular complexity index is 673. The van der Waals surface area contributed by atoms with Gasteiger partial charge in [0.2, 0.25) is 0 Å². The Hall–Kier alpha value is -2.57. The number of rotatable bonds is 5. The lowest BCUT2D eigenvalue weighted by atomic mass is 10.0. The van der Waals surface area contributed by atoms with Crippen molar-refractivity contribution in [2.45, 2.75) is 19.3 Å². The summed E-state index contributed by atoms with van der Waals surface area (Å²) in [7, 11) is 1.67. The van der Waals surface area contributed by atoms with E-state index < -0.39 is 17.6 Å². The molecule has 0 atom stereocenters. The molecule has 2 aliphatic carbocycles. The quantitative estimate of drug-likeness (QED) is 0.614. The van der Waals surface area contributed by atoms with E-state index in [1.54, 1.807) is 19.2 Å². The molecule has 0 aromatic heterocycles. The maximum absolute atomic E-state index is 13.3. The molecule has 0 saturated heterocycles. The minimum absolute atomic E-state index is 0.00124. The first kappa shape index (κ1) is 16.8. The smallest absolute Gasteiger partial charge is 0.335 e. The lowest BCUT2D eigenvalue weighted by Gasteiger charge is -2.18. The van der Waals surface area contributed by atoms with Crippen LogP contribution in [0.4, 0.5) is 8.78 Å². The molecular formula is C16H17F2N3O2. The number of halogens is 2. The Balaban J connectivity index is 1.97. The van der Waals surface area contributed by atoms with E-state index in [4.69, 9.17) is 5.11 Å². The molecule has 2 rings (SSSR count). The molecule has 0 saturated carbocycles. The monoisotopic (exact) mass is 321 g/mol. The molecule has 0 unspecified atom stereocenters. The van der Waals surface area contributed by atoms with Crippen molar-refractivity contribution in [3.8, 4) is 0 Å². The fourth-order valence-electron chi connectivity index (χ4n) is 2.20. The molecular weight excluding hydrogens is 304 g/mol. The normalized spacial score (nSPS) is 18.5. The summed E-state index contributed by atoms with van der Waals surface area (Å²) >= 11 is 0. The third-order valence-electron chi connectivity index (χ3n) is 3.39. The minimum atomic E-state index is -0.979. The van der Waals surface area contributed by atoms with E-state index in [1.165, 1.54) is 17.2 Å². The lowest BCUT2D eigenvalue weighted by molar-refractivity contribution is -0.132. The van der Waals surface area contributed by atoms with Gasteiger partial charge in [0.25, 0.3) is 0 Å². The molecule has 0 fully saturated rings. The van der Waals surface area contributed by atoms with Gasteiger partial charge in [0.1, 0.15) is 11.7 Å². The molecule has 7 heteroatoms. The van der Waals surface area contributed by atoms with Crippen LogP contribution < -0.4 is 0 Å². The van der Waals surface area contributed by atoms with Crippen LogP contribution >= 0.6 is 0 Å². The molecule has 0 aliphatic heterocycles. The molecule has 0 heterocycles. The topological polar surface area (TPSA) is 65.3 Å². The highest BCUT2D eigenvalue weighted by molar-refractivity contribution is 5.90. The second-order valence-electron chi connectivity index (χ2n) is 5.20. The molecule has 0 aromatic carbocycles. The van der Waals surface area contributed by atoms with E-state index in [-0.39, 0.29) is 18.5 Å². The Morgan fingerprint density at radius 2 is 2.13 bits per heavy atom. The maximum Gasteiger partial charge on any atom is 0.335 e. The molecule has 0 radical (unpaired) electrons. The second kappa shape index (κ2) is 7.62. The standard InChI is InChI=1S/C16H17F2N3O2/c1-21(15-4-2-3-12(8-15)16(22)23)20-19-10-11-5-6-13(17)9-14(18)7-11/h3,5-6,8-9H,2,4,7,10H2,1H3,(H,22,23). The zero-order valence-electron chi connectivity index (χ0n) is 12.7. The van der Waals surface area contributed by atoms with Gasteiger partial charge < -0.3 is 5.11 Å². The molecule has 0 bridgehead atoms. The molecule has 2 aliphatic rings. The largest absolute Gasteiger partial charge is 0.478 e. The van der Waals surface area contributed by atoms with Crippen LogP contribution in [-0.4, -0.2) is 29.7 Å². The van der Waals surface area contributed by atoms with Crippen molar-refractivity contribution < 1.29 is 18.7 Å². The van der Waals surface area contributed by atoms with E-state index >= 15 is 0 Å². The van der Waals surface area contributed by atoms with Crippen molar-refractivity contribution in [1.82, 2.24) is 5.01 Å². The van der Waals surface area contributed by atoms with Crippen LogP contribution in [0.25, 0.3) is 0 Å². The summed E-state index contributed by atoms with van der Waals surface area (Å²) < 4.78 is 26.4. The van der Waals surface area contributed by atoms with Gasteiger partial charge in [-0.1, -0.05) is 17.4 Å². The van der Waals surface area contributed by atoms with Gasteiger partial charge in [-0.15, -0.1) is 0 Å². The Kier molecular flexibility index (Phi) is 5.56. The van der Waals surface area contributed by atoms with Crippen molar-refractivity contribution in [3.05, 3.63) is 58.9 Å². The zero-order valence-corrected chi connectivity index (χ0v) is 12.7. The first-order valence-electron chi connectivity index (χ1n) is 7.12.